The van der Waals surface area contributed by atoms with Crippen molar-refractivity contribution in [2.45, 2.75) is 137 Å². The van der Waals surface area contributed by atoms with Crippen molar-refractivity contribution in [1.82, 2.24) is 0 Å². The predicted molar refractivity (Wildman–Crippen MR) is 403 cm³/mol. The fourth-order valence-corrected chi connectivity index (χ4v) is 18.5. The molecule has 5 nitrogen and oxygen atoms in total. The van der Waals surface area contributed by atoms with Crippen LogP contribution in [0.3, 0.4) is 0 Å². The summed E-state index contributed by atoms with van der Waals surface area (Å²) in [5, 5.41) is 0. The minimum Gasteiger partial charge on any atom is -0.322 e. The molecule has 1 unspecified atom stereocenters. The third-order valence-electron chi connectivity index (χ3n) is 23.0. The van der Waals surface area contributed by atoms with Crippen LogP contribution in [0.2, 0.25) is 0 Å². The van der Waals surface area contributed by atoms with E-state index in [9.17, 15) is 0 Å². The SMILES string of the molecule is Cc1cc(C)c(-c2cc3c4c(c2)N(c2ccccc2)c2cc5c(cc2B4c2ccccc2N3c2ccc3c(c2)C(C)(C)CCC3(C)C)B2c3ccccc3N(c3ccc4c(c3)C(C)(N)CCC4(C)C)c3cc(-c4c(C)cc(C)cc4C)cc(c32)N5c2ccccc2)c(C)c1. The molecule has 4 heterocycles. The predicted octanol–water partition coefficient (Wildman–Crippen LogP) is 18.6. The van der Waals surface area contributed by atoms with Crippen LogP contribution in [-0.4, -0.2) is 13.4 Å². The topological polar surface area (TPSA) is 39.0 Å². The Morgan fingerprint density at radius 3 is 1.07 bits per heavy atom. The van der Waals surface area contributed by atoms with E-state index in [1.54, 1.807) is 0 Å². The molecular weight excluding hydrogens is 1140 g/mol. The maximum Gasteiger partial charge on any atom is 0.252 e. The summed E-state index contributed by atoms with van der Waals surface area (Å²) in [6.07, 6.45) is 4.28. The number of anilines is 12. The van der Waals surface area contributed by atoms with Crippen LogP contribution in [0.1, 0.15) is 130 Å². The molecule has 0 aromatic heterocycles. The highest BCUT2D eigenvalue weighted by atomic mass is 15.2. The summed E-state index contributed by atoms with van der Waals surface area (Å²) in [6.45, 7) is 30.2. The normalized spacial score (nSPS) is 17.9. The smallest absolute Gasteiger partial charge is 0.252 e. The Bertz CT molecular complexity index is 4680. The van der Waals surface area contributed by atoms with Gasteiger partial charge in [0.15, 0.2) is 0 Å². The minimum absolute atomic E-state index is 0.00188. The number of aryl methyl sites for hydroxylation is 6. The lowest BCUT2D eigenvalue weighted by atomic mass is 9.30. The summed E-state index contributed by atoms with van der Waals surface area (Å²) >= 11 is 0. The quantitative estimate of drug-likeness (QED) is 0.168. The summed E-state index contributed by atoms with van der Waals surface area (Å²) in [6, 6.07) is 80.8. The second-order valence-corrected chi connectivity index (χ2v) is 30.9. The van der Waals surface area contributed by atoms with Crippen molar-refractivity contribution in [3.05, 3.63) is 262 Å². The molecule has 94 heavy (non-hydrogen) atoms. The highest BCUT2D eigenvalue weighted by molar-refractivity contribution is 7.03. The zero-order valence-corrected chi connectivity index (χ0v) is 57.0. The number of rotatable bonds is 6. The van der Waals surface area contributed by atoms with Crippen LogP contribution in [0, 0.1) is 41.5 Å². The van der Waals surface area contributed by atoms with E-state index in [4.69, 9.17) is 5.73 Å². The largest absolute Gasteiger partial charge is 0.322 e. The Morgan fingerprint density at radius 1 is 0.298 bits per heavy atom. The molecule has 462 valence electrons. The van der Waals surface area contributed by atoms with E-state index in [1.165, 1.54) is 168 Å². The van der Waals surface area contributed by atoms with Gasteiger partial charge < -0.3 is 25.3 Å². The van der Waals surface area contributed by atoms with Gasteiger partial charge in [-0.25, -0.2) is 0 Å². The van der Waals surface area contributed by atoms with Gasteiger partial charge in [0, 0.05) is 73.8 Å². The molecule has 1 atom stereocenters. The Balaban J connectivity index is 0.985. The van der Waals surface area contributed by atoms with Gasteiger partial charge in [-0.2, -0.15) is 0 Å². The number of fused-ring (bicyclic) bond motifs is 10. The molecule has 17 rings (SSSR count). The van der Waals surface area contributed by atoms with Gasteiger partial charge in [0.05, 0.1) is 0 Å². The van der Waals surface area contributed by atoms with E-state index < -0.39 is 5.54 Å². The van der Waals surface area contributed by atoms with Crippen LogP contribution < -0.4 is 58.1 Å². The van der Waals surface area contributed by atoms with Crippen molar-refractivity contribution in [2.24, 2.45) is 5.73 Å². The first-order valence-corrected chi connectivity index (χ1v) is 34.3. The lowest BCUT2D eigenvalue weighted by molar-refractivity contribution is 0.319. The van der Waals surface area contributed by atoms with E-state index in [1.807, 2.05) is 0 Å². The van der Waals surface area contributed by atoms with Gasteiger partial charge in [0.1, 0.15) is 0 Å². The first kappa shape index (κ1) is 58.5. The van der Waals surface area contributed by atoms with Crippen molar-refractivity contribution >= 4 is 114 Å². The summed E-state index contributed by atoms with van der Waals surface area (Å²) in [5.41, 5.74) is 47.2. The van der Waals surface area contributed by atoms with Gasteiger partial charge >= 0.3 is 0 Å². The molecule has 0 spiro atoms. The molecule has 11 aromatic rings. The number of nitrogens with zero attached hydrogens (tertiary/aromatic N) is 4. The fourth-order valence-electron chi connectivity index (χ4n) is 18.5. The fraction of sp³-hybridized carbons (Fsp3) is 0.241. The maximum atomic E-state index is 7.45. The van der Waals surface area contributed by atoms with Gasteiger partial charge in [0.2, 0.25) is 0 Å². The van der Waals surface area contributed by atoms with Crippen LogP contribution in [0.25, 0.3) is 22.3 Å². The molecule has 0 fully saturated rings. The third-order valence-corrected chi connectivity index (χ3v) is 23.0. The standard InChI is InChI=1S/C87H83B2N5/c1-52-40-54(3)80(55(4)41-52)58-44-76-82-78(46-58)93(62-32-34-64-66(48-62)86(11,12)37-36-84(64,7)8)72-30-22-20-28-68(72)88(82)70-50-71-75(51-74(70)91(76)60-24-16-14-17-25-60)92(61-26-18-15-19-27-61)77-45-59(81-56(5)42-53(2)43-57(81)6)47-79-83(77)89(71)69-29-21-23-31-73(69)94(79)63-33-35-65-67(49-63)87(13,90)39-38-85(65,9)10/h14-35,40-51H,36-39,90H2,1-13H3. The summed E-state index contributed by atoms with van der Waals surface area (Å²) in [4.78, 5) is 10.5. The Hall–Kier alpha value is -9.29. The molecule has 0 amide bonds. The van der Waals surface area contributed by atoms with E-state index in [-0.39, 0.29) is 29.7 Å². The minimum atomic E-state index is -0.478. The highest BCUT2D eigenvalue weighted by Gasteiger charge is 2.50. The second kappa shape index (κ2) is 20.6. The molecule has 0 bridgehead atoms. The Labute approximate surface area is 558 Å². The van der Waals surface area contributed by atoms with Crippen molar-refractivity contribution in [1.29, 1.82) is 0 Å². The lowest BCUT2D eigenvalue weighted by Crippen LogP contribution is -2.65. The number of hydrogen-bond acceptors (Lipinski definition) is 5. The Kier molecular flexibility index (Phi) is 12.8. The molecule has 6 aliphatic rings. The zero-order valence-electron chi connectivity index (χ0n) is 57.0. The van der Waals surface area contributed by atoms with Gasteiger partial charge in [-0.1, -0.05) is 168 Å². The monoisotopic (exact) mass is 1220 g/mol. The molecule has 7 heteroatoms. The molecule has 4 aliphatic heterocycles. The summed E-state index contributed by atoms with van der Waals surface area (Å²) < 4.78 is 0. The molecule has 2 aliphatic carbocycles. The van der Waals surface area contributed by atoms with E-state index in [2.05, 4.69) is 316 Å². The first-order chi connectivity index (χ1) is 45.1. The molecule has 0 saturated heterocycles. The van der Waals surface area contributed by atoms with Crippen LogP contribution in [0.5, 0.6) is 0 Å². The van der Waals surface area contributed by atoms with Crippen molar-refractivity contribution in [2.75, 3.05) is 19.6 Å². The van der Waals surface area contributed by atoms with Crippen molar-refractivity contribution in [3.63, 3.8) is 0 Å². The average molecular weight is 1220 g/mol. The number of para-hydroxylation sites is 4. The van der Waals surface area contributed by atoms with E-state index in [0.29, 0.717) is 0 Å². The number of nitrogens with two attached hydrogens (primary N) is 1. The van der Waals surface area contributed by atoms with Gasteiger partial charge in [-0.15, -0.1) is 0 Å². The van der Waals surface area contributed by atoms with Crippen molar-refractivity contribution in [3.8, 4) is 22.3 Å². The van der Waals surface area contributed by atoms with E-state index in [0.717, 1.165) is 36.3 Å². The second-order valence-electron chi connectivity index (χ2n) is 30.9. The number of hydrogen-bond donors (Lipinski definition) is 1. The summed E-state index contributed by atoms with van der Waals surface area (Å²) in [5.74, 6) is 0. The first-order valence-electron chi connectivity index (χ1n) is 34.3. The van der Waals surface area contributed by atoms with E-state index >= 15 is 0 Å². The number of benzene rings is 11. The third kappa shape index (κ3) is 8.65. The molecule has 0 saturated carbocycles. The van der Waals surface area contributed by atoms with Crippen LogP contribution >= 0.6 is 0 Å². The van der Waals surface area contributed by atoms with Gasteiger partial charge in [-0.05, 0) is 281 Å². The molecular formula is C87H83B2N5. The highest BCUT2D eigenvalue weighted by Crippen LogP contribution is 2.54. The molecule has 0 radical (unpaired) electrons. The maximum absolute atomic E-state index is 7.45. The van der Waals surface area contributed by atoms with Crippen LogP contribution in [-0.2, 0) is 21.8 Å². The molecule has 2 N–H and O–H groups in total. The van der Waals surface area contributed by atoms with Crippen LogP contribution in [0.15, 0.2) is 206 Å². The average Bonchev–Trinajstić information content (AvgIpc) is 0.683. The van der Waals surface area contributed by atoms with Crippen molar-refractivity contribution < 1.29 is 0 Å². The van der Waals surface area contributed by atoms with Crippen LogP contribution in [0.4, 0.5) is 68.2 Å². The van der Waals surface area contributed by atoms with Gasteiger partial charge in [-0.3, -0.25) is 0 Å². The molecule has 11 aromatic carbocycles. The Morgan fingerprint density at radius 2 is 0.649 bits per heavy atom. The van der Waals surface area contributed by atoms with Gasteiger partial charge in [0.25, 0.3) is 13.4 Å². The lowest BCUT2D eigenvalue weighted by Gasteiger charge is -2.48. The zero-order chi connectivity index (χ0) is 64.8. The summed E-state index contributed by atoms with van der Waals surface area (Å²) in [7, 11) is 0.